The van der Waals surface area contributed by atoms with E-state index in [2.05, 4.69) is 11.0 Å². The van der Waals surface area contributed by atoms with E-state index in [0.29, 0.717) is 69.4 Å². The van der Waals surface area contributed by atoms with E-state index < -0.39 is 12.0 Å². The molecule has 0 radical (unpaired) electrons. The van der Waals surface area contributed by atoms with Crippen LogP contribution in [0.1, 0.15) is 52.9 Å². The first-order valence-corrected chi connectivity index (χ1v) is 14.5. The molecule has 1 fully saturated rings. The molecule has 3 heterocycles. The Balaban J connectivity index is 1.36. The molecule has 8 heteroatoms. The van der Waals surface area contributed by atoms with Crippen LogP contribution in [0.2, 0.25) is 0 Å². The summed E-state index contributed by atoms with van der Waals surface area (Å²) in [5, 5.41) is 0. The Morgan fingerprint density at radius 3 is 2.24 bits per heavy atom. The molecule has 3 aliphatic heterocycles. The zero-order chi connectivity index (χ0) is 28.5. The fourth-order valence-electron chi connectivity index (χ4n) is 6.59. The molecular formula is C33H37N3O5. The maximum atomic E-state index is 14.5. The van der Waals surface area contributed by atoms with E-state index in [9.17, 15) is 9.59 Å². The summed E-state index contributed by atoms with van der Waals surface area (Å²) in [6, 6.07) is 19.2. The lowest BCUT2D eigenvalue weighted by atomic mass is 9.75. The third-order valence-electron chi connectivity index (χ3n) is 8.47. The van der Waals surface area contributed by atoms with E-state index in [1.54, 1.807) is 7.11 Å². The summed E-state index contributed by atoms with van der Waals surface area (Å²) < 4.78 is 17.5. The van der Waals surface area contributed by atoms with Gasteiger partial charge in [0, 0.05) is 38.3 Å². The van der Waals surface area contributed by atoms with Gasteiger partial charge >= 0.3 is 0 Å². The number of nitrogens with zero attached hydrogens (tertiary/aromatic N) is 3. The molecule has 6 rings (SSSR count). The second kappa shape index (κ2) is 11.4. The molecule has 3 aliphatic rings. The summed E-state index contributed by atoms with van der Waals surface area (Å²) in [6.07, 6.45) is 0.699. The van der Waals surface area contributed by atoms with Gasteiger partial charge in [-0.3, -0.25) is 9.59 Å². The van der Waals surface area contributed by atoms with Crippen molar-refractivity contribution in [3.63, 3.8) is 0 Å². The van der Waals surface area contributed by atoms with Gasteiger partial charge in [-0.2, -0.15) is 0 Å². The Labute approximate surface area is 241 Å². The molecule has 3 aromatic rings. The summed E-state index contributed by atoms with van der Waals surface area (Å²) in [4.78, 5) is 34.4. The van der Waals surface area contributed by atoms with Gasteiger partial charge in [-0.25, -0.2) is 0 Å². The van der Waals surface area contributed by atoms with Crippen LogP contribution in [-0.4, -0.2) is 74.7 Å². The van der Waals surface area contributed by atoms with Crippen molar-refractivity contribution in [1.29, 1.82) is 0 Å². The van der Waals surface area contributed by atoms with Gasteiger partial charge in [0.1, 0.15) is 5.75 Å². The van der Waals surface area contributed by atoms with E-state index >= 15 is 0 Å². The minimum Gasteiger partial charge on any atom is -0.495 e. The van der Waals surface area contributed by atoms with Crippen LogP contribution in [0.25, 0.3) is 0 Å². The van der Waals surface area contributed by atoms with Gasteiger partial charge < -0.3 is 28.9 Å². The van der Waals surface area contributed by atoms with E-state index in [4.69, 9.17) is 14.2 Å². The molecule has 0 spiro atoms. The average Bonchev–Trinajstić information content (AvgIpc) is 3.01. The number of methoxy groups -OCH3 is 1. The standard InChI is InChI=1S/C33H37N3O5/c1-4-40-28-20-22-14-15-36-31(25(22)21-29(28)41-5-2)30(23-10-6-7-11-24(23)32(36)37)33(38)35-18-16-34(17-19-35)26-12-8-9-13-27(26)39-3/h6-13,20-21,30-31H,4-5,14-19H2,1-3H3/t30-,31-/m0/s1. The smallest absolute Gasteiger partial charge is 0.254 e. The predicted octanol–water partition coefficient (Wildman–Crippen LogP) is 4.68. The number of amides is 2. The molecule has 8 nitrogen and oxygen atoms in total. The first-order chi connectivity index (χ1) is 20.0. The molecule has 2 atom stereocenters. The first kappa shape index (κ1) is 27.0. The van der Waals surface area contributed by atoms with Gasteiger partial charge in [0.05, 0.1) is 38.0 Å². The van der Waals surface area contributed by atoms with Crippen LogP contribution in [-0.2, 0) is 11.2 Å². The summed E-state index contributed by atoms with van der Waals surface area (Å²) >= 11 is 0. The fourth-order valence-corrected chi connectivity index (χ4v) is 6.59. The van der Waals surface area contributed by atoms with Crippen molar-refractivity contribution in [2.75, 3.05) is 57.9 Å². The highest BCUT2D eigenvalue weighted by molar-refractivity contribution is 6.01. The lowest BCUT2D eigenvalue weighted by Crippen LogP contribution is -2.54. The van der Waals surface area contributed by atoms with E-state index in [-0.39, 0.29) is 11.8 Å². The van der Waals surface area contributed by atoms with Gasteiger partial charge in [-0.05, 0) is 67.3 Å². The normalized spacial score (nSPS) is 19.7. The number of benzene rings is 3. The molecule has 3 aromatic carbocycles. The summed E-state index contributed by atoms with van der Waals surface area (Å²) in [7, 11) is 1.68. The number of carbonyl (C=O) groups is 2. The van der Waals surface area contributed by atoms with Crippen LogP contribution in [0.5, 0.6) is 17.2 Å². The van der Waals surface area contributed by atoms with Gasteiger partial charge in [-0.15, -0.1) is 0 Å². The number of para-hydroxylation sites is 2. The number of carbonyl (C=O) groups excluding carboxylic acids is 2. The van der Waals surface area contributed by atoms with Crippen LogP contribution in [0, 0.1) is 0 Å². The number of rotatable bonds is 7. The van der Waals surface area contributed by atoms with Crippen LogP contribution in [0.15, 0.2) is 60.7 Å². The second-order valence-corrected chi connectivity index (χ2v) is 10.6. The molecule has 0 aromatic heterocycles. The molecule has 214 valence electrons. The largest absolute Gasteiger partial charge is 0.495 e. The fraction of sp³-hybridized carbons (Fsp3) is 0.394. The highest BCUT2D eigenvalue weighted by Crippen LogP contribution is 2.49. The highest BCUT2D eigenvalue weighted by atomic mass is 16.5. The number of anilines is 1. The average molecular weight is 556 g/mol. The second-order valence-electron chi connectivity index (χ2n) is 10.6. The van der Waals surface area contributed by atoms with Gasteiger partial charge in [0.25, 0.3) is 5.91 Å². The SMILES string of the molecule is CCOc1cc2c(cc1OCC)[C@H]1[C@@H](C(=O)N3CCN(c4ccccc4OC)CC3)c3ccccc3C(=O)N1CC2. The van der Waals surface area contributed by atoms with Crippen LogP contribution >= 0.6 is 0 Å². The van der Waals surface area contributed by atoms with Crippen molar-refractivity contribution in [2.24, 2.45) is 0 Å². The molecule has 0 N–H and O–H groups in total. The number of fused-ring (bicyclic) bond motifs is 4. The summed E-state index contributed by atoms with van der Waals surface area (Å²) in [5.74, 6) is 1.72. The Kier molecular flexibility index (Phi) is 7.47. The molecule has 0 aliphatic carbocycles. The van der Waals surface area contributed by atoms with E-state index in [1.165, 1.54) is 0 Å². The van der Waals surface area contributed by atoms with Gasteiger partial charge in [0.2, 0.25) is 5.91 Å². The highest BCUT2D eigenvalue weighted by Gasteiger charge is 2.48. The van der Waals surface area contributed by atoms with Crippen LogP contribution < -0.4 is 19.1 Å². The predicted molar refractivity (Wildman–Crippen MR) is 157 cm³/mol. The molecule has 0 bridgehead atoms. The monoisotopic (exact) mass is 555 g/mol. The van der Waals surface area contributed by atoms with Crippen LogP contribution in [0.4, 0.5) is 5.69 Å². The molecule has 0 saturated carbocycles. The lowest BCUT2D eigenvalue weighted by molar-refractivity contribution is -0.135. The molecule has 2 amide bonds. The first-order valence-electron chi connectivity index (χ1n) is 14.5. The van der Waals surface area contributed by atoms with Crippen molar-refractivity contribution >= 4 is 17.5 Å². The quantitative estimate of drug-likeness (QED) is 0.422. The van der Waals surface area contributed by atoms with Crippen molar-refractivity contribution < 1.29 is 23.8 Å². The molecular weight excluding hydrogens is 518 g/mol. The third kappa shape index (κ3) is 4.75. The van der Waals surface area contributed by atoms with E-state index in [0.717, 1.165) is 28.1 Å². The van der Waals surface area contributed by atoms with Crippen LogP contribution in [0.3, 0.4) is 0 Å². The summed E-state index contributed by atoms with van der Waals surface area (Å²) in [5.41, 5.74) is 4.53. The Morgan fingerprint density at radius 2 is 1.51 bits per heavy atom. The van der Waals surface area contributed by atoms with Crippen molar-refractivity contribution in [3.05, 3.63) is 82.9 Å². The van der Waals surface area contributed by atoms with Crippen molar-refractivity contribution in [2.45, 2.75) is 32.2 Å². The topological polar surface area (TPSA) is 71.5 Å². The maximum Gasteiger partial charge on any atom is 0.254 e. The Bertz CT molecular complexity index is 1450. The lowest BCUT2D eigenvalue weighted by Gasteiger charge is -2.47. The number of piperazine rings is 1. The Hall–Kier alpha value is -4.20. The number of ether oxygens (including phenoxy) is 3. The van der Waals surface area contributed by atoms with E-state index in [1.807, 2.05) is 78.2 Å². The zero-order valence-corrected chi connectivity index (χ0v) is 24.0. The van der Waals surface area contributed by atoms with Gasteiger partial charge in [-0.1, -0.05) is 30.3 Å². The molecule has 1 saturated heterocycles. The number of hydrogen-bond acceptors (Lipinski definition) is 6. The Morgan fingerprint density at radius 1 is 0.829 bits per heavy atom. The zero-order valence-electron chi connectivity index (χ0n) is 24.0. The van der Waals surface area contributed by atoms with Crippen molar-refractivity contribution in [3.8, 4) is 17.2 Å². The molecule has 41 heavy (non-hydrogen) atoms. The summed E-state index contributed by atoms with van der Waals surface area (Å²) in [6.45, 7) is 8.07. The minimum absolute atomic E-state index is 0.0202. The minimum atomic E-state index is -0.506. The molecule has 0 unspecified atom stereocenters. The third-order valence-corrected chi connectivity index (χ3v) is 8.47. The van der Waals surface area contributed by atoms with Crippen molar-refractivity contribution in [1.82, 2.24) is 9.80 Å². The maximum absolute atomic E-state index is 14.5. The number of hydrogen-bond donors (Lipinski definition) is 0. The van der Waals surface area contributed by atoms with Gasteiger partial charge in [0.15, 0.2) is 11.5 Å².